The molecule has 0 amide bonds. The zero-order valence-corrected chi connectivity index (χ0v) is 20.6. The molecule has 5 atom stereocenters. The van der Waals surface area contributed by atoms with Crippen molar-refractivity contribution in [1.82, 2.24) is 4.90 Å². The van der Waals surface area contributed by atoms with E-state index in [1.165, 1.54) is 12.1 Å². The number of halogens is 3. The summed E-state index contributed by atoms with van der Waals surface area (Å²) in [5, 5.41) is 10.9. The van der Waals surface area contributed by atoms with Gasteiger partial charge in [-0.1, -0.05) is 72.8 Å². The van der Waals surface area contributed by atoms with Crippen molar-refractivity contribution in [3.63, 3.8) is 0 Å². The average molecular weight is 510 g/mol. The molecular weight excluding hydrogens is 479 g/mol. The maximum absolute atomic E-state index is 13.3. The van der Waals surface area contributed by atoms with Gasteiger partial charge >= 0.3 is 12.3 Å². The van der Waals surface area contributed by atoms with Crippen molar-refractivity contribution in [3.8, 4) is 5.75 Å². The van der Waals surface area contributed by atoms with Crippen LogP contribution in [0.15, 0.2) is 84.9 Å². The third-order valence-electron chi connectivity index (χ3n) is 8.35. The molecule has 7 heteroatoms. The summed E-state index contributed by atoms with van der Waals surface area (Å²) < 4.78 is 42.2. The molecule has 1 N–H and O–H groups in total. The molecule has 1 saturated heterocycles. The molecule has 4 nitrogen and oxygen atoms in total. The molecule has 1 saturated carbocycles. The Hall–Kier alpha value is -3.32. The first kappa shape index (κ1) is 25.3. The zero-order valence-electron chi connectivity index (χ0n) is 20.6. The maximum Gasteiger partial charge on any atom is 0.573 e. The highest BCUT2D eigenvalue weighted by molar-refractivity contribution is 5.78. The largest absolute Gasteiger partial charge is 0.573 e. The van der Waals surface area contributed by atoms with E-state index in [4.69, 9.17) is 0 Å². The molecule has 1 aliphatic heterocycles. The standard InChI is InChI=1S/C30H30F3NO3/c1-20-27-25(22-12-14-24(15-13-22)37-30(31,32)33)16-17-26(23-10-6-3-7-11-23)29(27,28(35)36)19-34(20)18-21-8-4-2-5-9-21/h2-15,20,25-27H,16-19H2,1H3,(H,35,36). The first-order chi connectivity index (χ1) is 17.7. The number of carbonyl (C=O) groups is 1. The summed E-state index contributed by atoms with van der Waals surface area (Å²) in [4.78, 5) is 15.6. The summed E-state index contributed by atoms with van der Waals surface area (Å²) in [6.45, 7) is 3.15. The molecule has 1 aliphatic carbocycles. The SMILES string of the molecule is CC1C2C(c3ccc(OC(F)(F)F)cc3)CCC(c3ccccc3)C2(C(=O)O)CN1Cc1ccccc1. The lowest BCUT2D eigenvalue weighted by molar-refractivity contribution is -0.274. The highest BCUT2D eigenvalue weighted by Gasteiger charge is 2.64. The third kappa shape index (κ3) is 4.85. The molecule has 3 aromatic carbocycles. The lowest BCUT2D eigenvalue weighted by atomic mass is 9.54. The fourth-order valence-electron chi connectivity index (χ4n) is 6.88. The van der Waals surface area contributed by atoms with Crippen LogP contribution in [-0.4, -0.2) is 34.9 Å². The lowest BCUT2D eigenvalue weighted by Gasteiger charge is -2.47. The fraction of sp³-hybridized carbons (Fsp3) is 0.367. The van der Waals surface area contributed by atoms with Crippen LogP contribution in [0.1, 0.15) is 48.3 Å². The van der Waals surface area contributed by atoms with Crippen molar-refractivity contribution < 1.29 is 27.8 Å². The number of aliphatic carboxylic acids is 1. The number of ether oxygens (including phenoxy) is 1. The summed E-state index contributed by atoms with van der Waals surface area (Å²) in [5.41, 5.74) is 1.97. The molecule has 194 valence electrons. The third-order valence-corrected chi connectivity index (χ3v) is 8.35. The van der Waals surface area contributed by atoms with E-state index in [9.17, 15) is 23.1 Å². The lowest BCUT2D eigenvalue weighted by Crippen LogP contribution is -2.49. The molecule has 3 aromatic rings. The van der Waals surface area contributed by atoms with E-state index in [1.807, 2.05) is 60.7 Å². The van der Waals surface area contributed by atoms with Gasteiger partial charge in [0.2, 0.25) is 0 Å². The molecule has 5 rings (SSSR count). The molecule has 37 heavy (non-hydrogen) atoms. The molecule has 5 unspecified atom stereocenters. The van der Waals surface area contributed by atoms with Gasteiger partial charge in [0, 0.05) is 25.0 Å². The summed E-state index contributed by atoms with van der Waals surface area (Å²) in [5.74, 6) is -1.57. The number of alkyl halides is 3. The van der Waals surface area contributed by atoms with Crippen LogP contribution in [0, 0.1) is 11.3 Å². The van der Waals surface area contributed by atoms with Crippen molar-refractivity contribution in [2.24, 2.45) is 11.3 Å². The molecular formula is C30H30F3NO3. The summed E-state index contributed by atoms with van der Waals surface area (Å²) in [6.07, 6.45) is -3.32. The summed E-state index contributed by atoms with van der Waals surface area (Å²) in [6, 6.07) is 25.8. The quantitative estimate of drug-likeness (QED) is 0.395. The Morgan fingerprint density at radius 3 is 2.16 bits per heavy atom. The Labute approximate surface area is 214 Å². The number of benzene rings is 3. The van der Waals surface area contributed by atoms with Crippen molar-refractivity contribution in [2.45, 2.75) is 50.6 Å². The second-order valence-corrected chi connectivity index (χ2v) is 10.3. The van der Waals surface area contributed by atoms with Gasteiger partial charge < -0.3 is 9.84 Å². The maximum atomic E-state index is 13.3. The number of nitrogens with zero attached hydrogens (tertiary/aromatic N) is 1. The van der Waals surface area contributed by atoms with Crippen molar-refractivity contribution in [2.75, 3.05) is 6.54 Å². The molecule has 0 bridgehead atoms. The van der Waals surface area contributed by atoms with E-state index < -0.39 is 17.7 Å². The first-order valence-electron chi connectivity index (χ1n) is 12.6. The van der Waals surface area contributed by atoms with Crippen LogP contribution in [0.25, 0.3) is 0 Å². The van der Waals surface area contributed by atoms with Gasteiger partial charge in [-0.3, -0.25) is 9.69 Å². The second kappa shape index (κ2) is 9.86. The van der Waals surface area contributed by atoms with Crippen LogP contribution in [0.5, 0.6) is 5.75 Å². The highest BCUT2D eigenvalue weighted by atomic mass is 19.4. The number of carboxylic acids is 1. The Morgan fingerprint density at radius 1 is 0.946 bits per heavy atom. The number of hydrogen-bond acceptors (Lipinski definition) is 3. The van der Waals surface area contributed by atoms with Crippen molar-refractivity contribution >= 4 is 5.97 Å². The van der Waals surface area contributed by atoms with Crippen LogP contribution >= 0.6 is 0 Å². The first-order valence-corrected chi connectivity index (χ1v) is 12.6. The summed E-state index contributed by atoms with van der Waals surface area (Å²) >= 11 is 0. The Balaban J connectivity index is 1.55. The predicted molar refractivity (Wildman–Crippen MR) is 134 cm³/mol. The van der Waals surface area contributed by atoms with Crippen LogP contribution in [0.4, 0.5) is 13.2 Å². The molecule has 2 aliphatic rings. The van der Waals surface area contributed by atoms with E-state index in [-0.39, 0.29) is 29.5 Å². The van der Waals surface area contributed by atoms with Gasteiger partial charge in [0.25, 0.3) is 0 Å². The van der Waals surface area contributed by atoms with Gasteiger partial charge in [0.05, 0.1) is 5.41 Å². The zero-order chi connectivity index (χ0) is 26.2. The molecule has 0 radical (unpaired) electrons. The van der Waals surface area contributed by atoms with Gasteiger partial charge in [-0.25, -0.2) is 0 Å². The molecule has 0 spiro atoms. The van der Waals surface area contributed by atoms with E-state index in [0.717, 1.165) is 23.1 Å². The van der Waals surface area contributed by atoms with Crippen LogP contribution in [0.3, 0.4) is 0 Å². The fourth-order valence-corrected chi connectivity index (χ4v) is 6.88. The second-order valence-electron chi connectivity index (χ2n) is 10.3. The number of likely N-dealkylation sites (tertiary alicyclic amines) is 1. The predicted octanol–water partition coefficient (Wildman–Crippen LogP) is 6.84. The average Bonchev–Trinajstić information content (AvgIpc) is 3.17. The Kier molecular flexibility index (Phi) is 6.75. The summed E-state index contributed by atoms with van der Waals surface area (Å²) in [7, 11) is 0. The van der Waals surface area contributed by atoms with Gasteiger partial charge in [-0.15, -0.1) is 13.2 Å². The monoisotopic (exact) mass is 509 g/mol. The van der Waals surface area contributed by atoms with Gasteiger partial charge in [0.1, 0.15) is 5.75 Å². The van der Waals surface area contributed by atoms with Crippen molar-refractivity contribution in [1.29, 1.82) is 0 Å². The molecule has 2 fully saturated rings. The molecule has 0 aromatic heterocycles. The molecule has 1 heterocycles. The van der Waals surface area contributed by atoms with E-state index in [0.29, 0.717) is 19.5 Å². The Bertz CT molecular complexity index is 1220. The number of carboxylic acid groups (broad SMARTS) is 1. The topological polar surface area (TPSA) is 49.8 Å². The van der Waals surface area contributed by atoms with Crippen molar-refractivity contribution in [3.05, 3.63) is 102 Å². The minimum atomic E-state index is -4.76. The minimum absolute atomic E-state index is 0.0427. The smallest absolute Gasteiger partial charge is 0.481 e. The van der Waals surface area contributed by atoms with Gasteiger partial charge in [-0.2, -0.15) is 0 Å². The number of fused-ring (bicyclic) bond motifs is 1. The Morgan fingerprint density at radius 2 is 1.57 bits per heavy atom. The highest BCUT2D eigenvalue weighted by Crippen LogP contribution is 2.61. The van der Waals surface area contributed by atoms with E-state index >= 15 is 0 Å². The number of hydrogen-bond donors (Lipinski definition) is 1. The van der Waals surface area contributed by atoms with Crippen LogP contribution in [0.2, 0.25) is 0 Å². The number of rotatable bonds is 6. The normalized spacial score (nSPS) is 28.0. The van der Waals surface area contributed by atoms with Gasteiger partial charge in [-0.05, 0) is 60.4 Å². The van der Waals surface area contributed by atoms with E-state index in [1.54, 1.807) is 12.1 Å². The van der Waals surface area contributed by atoms with Crippen LogP contribution in [-0.2, 0) is 11.3 Å². The van der Waals surface area contributed by atoms with Gasteiger partial charge in [0.15, 0.2) is 0 Å². The van der Waals surface area contributed by atoms with E-state index in [2.05, 4.69) is 16.6 Å². The minimum Gasteiger partial charge on any atom is -0.481 e. The van der Waals surface area contributed by atoms with Crippen LogP contribution < -0.4 is 4.74 Å².